The molecule has 9 heteroatoms. The van der Waals surface area contributed by atoms with E-state index in [0.29, 0.717) is 10.6 Å². The molecule has 2 aromatic rings. The summed E-state index contributed by atoms with van der Waals surface area (Å²) >= 11 is 6.00. The summed E-state index contributed by atoms with van der Waals surface area (Å²) in [6.45, 7) is 1.74. The highest BCUT2D eigenvalue weighted by atomic mass is 35.5. The minimum Gasteiger partial charge on any atom is -0.495 e. The Hall–Kier alpha value is -2.19. The van der Waals surface area contributed by atoms with E-state index in [0.717, 1.165) is 0 Å². The molecule has 2 rings (SSSR count). The van der Waals surface area contributed by atoms with Crippen LogP contribution < -0.4 is 15.2 Å². The standard InChI is InChI=1S/C14H16ClN3O4S/c1-8-4-11(13(22-3)6-10(8)15)17-23(20,21)9-5-12(14(16)19)18(2)7-9/h4-7,17H,1-3H3,(H2,16,19). The van der Waals surface area contributed by atoms with Crippen molar-refractivity contribution in [1.82, 2.24) is 4.57 Å². The Morgan fingerprint density at radius 1 is 1.35 bits per heavy atom. The zero-order valence-corrected chi connectivity index (χ0v) is 14.3. The van der Waals surface area contributed by atoms with E-state index in [1.165, 1.54) is 37.1 Å². The van der Waals surface area contributed by atoms with Gasteiger partial charge in [0.1, 0.15) is 16.3 Å². The van der Waals surface area contributed by atoms with Crippen molar-refractivity contribution in [2.24, 2.45) is 12.8 Å². The number of nitrogens with two attached hydrogens (primary N) is 1. The molecular formula is C14H16ClN3O4S. The number of aromatic nitrogens is 1. The van der Waals surface area contributed by atoms with Gasteiger partial charge in [0.2, 0.25) is 0 Å². The zero-order chi connectivity index (χ0) is 17.4. The second kappa shape index (κ2) is 6.13. The fourth-order valence-electron chi connectivity index (χ4n) is 2.04. The molecule has 23 heavy (non-hydrogen) atoms. The fourth-order valence-corrected chi connectivity index (χ4v) is 3.33. The summed E-state index contributed by atoms with van der Waals surface area (Å²) in [5.41, 5.74) is 6.22. The third kappa shape index (κ3) is 3.43. The van der Waals surface area contributed by atoms with Crippen LogP contribution in [0.3, 0.4) is 0 Å². The van der Waals surface area contributed by atoms with Crippen LogP contribution in [-0.4, -0.2) is 26.0 Å². The number of anilines is 1. The van der Waals surface area contributed by atoms with Crippen molar-refractivity contribution in [3.05, 3.63) is 40.7 Å². The average molecular weight is 358 g/mol. The smallest absolute Gasteiger partial charge is 0.265 e. The van der Waals surface area contributed by atoms with Crippen LogP contribution in [0.5, 0.6) is 5.75 Å². The maximum absolute atomic E-state index is 12.5. The minimum absolute atomic E-state index is 0.0801. The minimum atomic E-state index is -3.91. The number of carbonyl (C=O) groups is 1. The highest BCUT2D eigenvalue weighted by Crippen LogP contribution is 2.32. The highest BCUT2D eigenvalue weighted by Gasteiger charge is 2.21. The van der Waals surface area contributed by atoms with Gasteiger partial charge in [-0.2, -0.15) is 0 Å². The van der Waals surface area contributed by atoms with Gasteiger partial charge < -0.3 is 15.0 Å². The van der Waals surface area contributed by atoms with Gasteiger partial charge >= 0.3 is 0 Å². The number of aryl methyl sites for hydroxylation is 2. The Morgan fingerprint density at radius 3 is 2.52 bits per heavy atom. The lowest BCUT2D eigenvalue weighted by Gasteiger charge is -2.13. The van der Waals surface area contributed by atoms with Gasteiger partial charge in [0.05, 0.1) is 12.8 Å². The molecule has 0 unspecified atom stereocenters. The zero-order valence-electron chi connectivity index (χ0n) is 12.8. The van der Waals surface area contributed by atoms with Crippen molar-refractivity contribution in [2.75, 3.05) is 11.8 Å². The average Bonchev–Trinajstić information content (AvgIpc) is 2.85. The van der Waals surface area contributed by atoms with Crippen molar-refractivity contribution in [3.63, 3.8) is 0 Å². The molecule has 1 amide bonds. The number of primary amides is 1. The molecule has 0 atom stereocenters. The molecule has 0 fully saturated rings. The van der Waals surface area contributed by atoms with Crippen molar-refractivity contribution < 1.29 is 17.9 Å². The second-order valence-electron chi connectivity index (χ2n) is 4.94. The summed E-state index contributed by atoms with van der Waals surface area (Å²) in [5, 5.41) is 0.459. The van der Waals surface area contributed by atoms with Gasteiger partial charge in [-0.3, -0.25) is 9.52 Å². The number of benzene rings is 1. The SMILES string of the molecule is COc1cc(Cl)c(C)cc1NS(=O)(=O)c1cc(C(N)=O)n(C)c1. The molecular weight excluding hydrogens is 342 g/mol. The van der Waals surface area contributed by atoms with Gasteiger partial charge in [-0.15, -0.1) is 0 Å². The van der Waals surface area contributed by atoms with E-state index in [9.17, 15) is 13.2 Å². The topological polar surface area (TPSA) is 103 Å². The molecule has 124 valence electrons. The number of methoxy groups -OCH3 is 1. The van der Waals surface area contributed by atoms with E-state index in [1.54, 1.807) is 13.0 Å². The molecule has 0 aliphatic rings. The summed E-state index contributed by atoms with van der Waals surface area (Å²) < 4.78 is 33.9. The van der Waals surface area contributed by atoms with Gasteiger partial charge in [-0.05, 0) is 24.6 Å². The number of hydrogen-bond donors (Lipinski definition) is 2. The van der Waals surface area contributed by atoms with Crippen LogP contribution in [0, 0.1) is 6.92 Å². The van der Waals surface area contributed by atoms with E-state index in [-0.39, 0.29) is 22.0 Å². The third-order valence-corrected chi connectivity index (χ3v) is 5.01. The largest absolute Gasteiger partial charge is 0.495 e. The Kier molecular flexibility index (Phi) is 4.58. The molecule has 0 aliphatic carbocycles. The van der Waals surface area contributed by atoms with Gasteiger partial charge in [0, 0.05) is 24.3 Å². The maximum atomic E-state index is 12.5. The van der Waals surface area contributed by atoms with Crippen molar-refractivity contribution >= 4 is 33.2 Å². The highest BCUT2D eigenvalue weighted by molar-refractivity contribution is 7.92. The van der Waals surface area contributed by atoms with E-state index in [1.807, 2.05) is 0 Å². The van der Waals surface area contributed by atoms with Gasteiger partial charge in [0.25, 0.3) is 15.9 Å². The number of ether oxygens (including phenoxy) is 1. The maximum Gasteiger partial charge on any atom is 0.265 e. The number of halogens is 1. The van der Waals surface area contributed by atoms with Crippen LogP contribution in [0.2, 0.25) is 5.02 Å². The summed E-state index contributed by atoms with van der Waals surface area (Å²) in [6.07, 6.45) is 1.30. The van der Waals surface area contributed by atoms with E-state index in [4.69, 9.17) is 22.1 Å². The first-order valence-corrected chi connectivity index (χ1v) is 8.35. The molecule has 7 nitrogen and oxygen atoms in total. The Bertz CT molecular complexity index is 874. The molecule has 0 saturated heterocycles. The summed E-state index contributed by atoms with van der Waals surface area (Å²) in [6, 6.07) is 4.30. The van der Waals surface area contributed by atoms with Crippen LogP contribution in [0.15, 0.2) is 29.3 Å². The van der Waals surface area contributed by atoms with Crippen LogP contribution >= 0.6 is 11.6 Å². The molecule has 0 saturated carbocycles. The number of hydrogen-bond acceptors (Lipinski definition) is 4. The molecule has 1 aromatic heterocycles. The number of nitrogens with zero attached hydrogens (tertiary/aromatic N) is 1. The molecule has 0 radical (unpaired) electrons. The molecule has 3 N–H and O–H groups in total. The van der Waals surface area contributed by atoms with Gasteiger partial charge in [-0.1, -0.05) is 11.6 Å². The van der Waals surface area contributed by atoms with Gasteiger partial charge in [-0.25, -0.2) is 8.42 Å². The predicted octanol–water partition coefficient (Wildman–Crippen LogP) is 1.90. The first-order valence-electron chi connectivity index (χ1n) is 6.49. The monoisotopic (exact) mass is 357 g/mol. The van der Waals surface area contributed by atoms with E-state index < -0.39 is 15.9 Å². The van der Waals surface area contributed by atoms with Crippen molar-refractivity contribution in [2.45, 2.75) is 11.8 Å². The summed E-state index contributed by atoms with van der Waals surface area (Å²) in [7, 11) is -0.969. The van der Waals surface area contributed by atoms with Crippen molar-refractivity contribution in [3.8, 4) is 5.75 Å². The molecule has 0 spiro atoms. The number of amides is 1. The van der Waals surface area contributed by atoms with Crippen LogP contribution in [-0.2, 0) is 17.1 Å². The number of rotatable bonds is 5. The fraction of sp³-hybridized carbons (Fsp3) is 0.214. The first-order chi connectivity index (χ1) is 10.7. The Morgan fingerprint density at radius 2 is 2.00 bits per heavy atom. The lowest BCUT2D eigenvalue weighted by molar-refractivity contribution is 0.0992. The quantitative estimate of drug-likeness (QED) is 0.852. The number of nitrogens with one attached hydrogen (secondary N) is 1. The molecule has 1 heterocycles. The van der Waals surface area contributed by atoms with Crippen LogP contribution in [0.4, 0.5) is 5.69 Å². The third-order valence-electron chi connectivity index (χ3n) is 3.27. The summed E-state index contributed by atoms with van der Waals surface area (Å²) in [4.78, 5) is 11.2. The lowest BCUT2D eigenvalue weighted by Crippen LogP contribution is -2.14. The first kappa shape index (κ1) is 17.2. The van der Waals surface area contributed by atoms with Crippen molar-refractivity contribution in [1.29, 1.82) is 0 Å². The number of sulfonamides is 1. The molecule has 1 aromatic carbocycles. The molecule has 0 bridgehead atoms. The van der Waals surface area contributed by atoms with Crippen LogP contribution in [0.25, 0.3) is 0 Å². The summed E-state index contributed by atoms with van der Waals surface area (Å²) in [5.74, 6) is -0.427. The normalized spacial score (nSPS) is 11.3. The molecule has 0 aliphatic heterocycles. The van der Waals surface area contributed by atoms with Gasteiger partial charge in [0.15, 0.2) is 0 Å². The van der Waals surface area contributed by atoms with Crippen LogP contribution in [0.1, 0.15) is 16.1 Å². The second-order valence-corrected chi connectivity index (χ2v) is 7.03. The Labute approximate surface area is 139 Å². The lowest BCUT2D eigenvalue weighted by atomic mass is 10.2. The Balaban J connectivity index is 2.45. The van der Waals surface area contributed by atoms with E-state index in [2.05, 4.69) is 4.72 Å². The predicted molar refractivity (Wildman–Crippen MR) is 87.5 cm³/mol. The number of carbonyl (C=O) groups excluding carboxylic acids is 1. The van der Waals surface area contributed by atoms with E-state index >= 15 is 0 Å².